The number of anilines is 2. The van der Waals surface area contributed by atoms with Crippen LogP contribution in [0.3, 0.4) is 0 Å². The van der Waals surface area contributed by atoms with Crippen molar-refractivity contribution in [2.45, 2.75) is 0 Å². The van der Waals surface area contributed by atoms with E-state index in [0.29, 0.717) is 22.1 Å². The molecule has 0 aromatic heterocycles. The summed E-state index contributed by atoms with van der Waals surface area (Å²) in [6.45, 7) is 0. The van der Waals surface area contributed by atoms with E-state index in [4.69, 9.17) is 21.6 Å². The largest absolute Gasteiger partial charge is 0.497 e. The number of ether oxygens (including phenoxy) is 1. The van der Waals surface area contributed by atoms with Gasteiger partial charge in [0.2, 0.25) is 0 Å². The van der Waals surface area contributed by atoms with E-state index in [1.165, 1.54) is 19.2 Å². The molecular weight excluding hydrogens is 294 g/mol. The molecule has 6 nitrogen and oxygen atoms in total. The van der Waals surface area contributed by atoms with E-state index >= 15 is 0 Å². The predicted molar refractivity (Wildman–Crippen MR) is 79.1 cm³/mol. The zero-order chi connectivity index (χ0) is 15.4. The standard InChI is InChI=1S/C14H10ClN3O3/c1-21-11-4-5-12(15)13(7-11)17-10-3-2-9(8-16)14(6-10)18(19)20/h2-7,17H,1H3. The van der Waals surface area contributed by atoms with Crippen molar-refractivity contribution in [3.63, 3.8) is 0 Å². The topological polar surface area (TPSA) is 88.2 Å². The molecular formula is C14H10ClN3O3. The third-order valence-electron chi connectivity index (χ3n) is 2.77. The lowest BCUT2D eigenvalue weighted by Crippen LogP contribution is -1.96. The van der Waals surface area contributed by atoms with Crippen LogP contribution >= 0.6 is 11.6 Å². The summed E-state index contributed by atoms with van der Waals surface area (Å²) in [5.74, 6) is 0.602. The van der Waals surface area contributed by atoms with Gasteiger partial charge in [-0.25, -0.2) is 0 Å². The Balaban J connectivity index is 2.38. The van der Waals surface area contributed by atoms with E-state index in [1.54, 1.807) is 30.3 Å². The van der Waals surface area contributed by atoms with Crippen molar-refractivity contribution in [3.8, 4) is 11.8 Å². The summed E-state index contributed by atoms with van der Waals surface area (Å²) >= 11 is 6.06. The van der Waals surface area contributed by atoms with Gasteiger partial charge >= 0.3 is 0 Å². The van der Waals surface area contributed by atoms with Gasteiger partial charge in [0.25, 0.3) is 5.69 Å². The van der Waals surface area contributed by atoms with Crippen LogP contribution in [0.15, 0.2) is 36.4 Å². The van der Waals surface area contributed by atoms with E-state index in [0.717, 1.165) is 0 Å². The fourth-order valence-electron chi connectivity index (χ4n) is 1.74. The maximum Gasteiger partial charge on any atom is 0.289 e. The van der Waals surface area contributed by atoms with Gasteiger partial charge in [0.1, 0.15) is 17.4 Å². The van der Waals surface area contributed by atoms with E-state index in [1.807, 2.05) is 0 Å². The third-order valence-corrected chi connectivity index (χ3v) is 3.10. The molecule has 106 valence electrons. The summed E-state index contributed by atoms with van der Waals surface area (Å²) in [6.07, 6.45) is 0. The Morgan fingerprint density at radius 1 is 1.33 bits per heavy atom. The van der Waals surface area contributed by atoms with Crippen LogP contribution in [0.25, 0.3) is 0 Å². The Labute approximate surface area is 125 Å². The summed E-state index contributed by atoms with van der Waals surface area (Å²) < 4.78 is 5.10. The number of benzene rings is 2. The van der Waals surface area contributed by atoms with Gasteiger partial charge in [-0.3, -0.25) is 10.1 Å². The van der Waals surface area contributed by atoms with Crippen LogP contribution in [-0.2, 0) is 0 Å². The number of nitriles is 1. The average Bonchev–Trinajstić information content (AvgIpc) is 2.49. The molecule has 0 amide bonds. The van der Waals surface area contributed by atoms with Gasteiger partial charge in [0.15, 0.2) is 0 Å². The number of nitro benzene ring substituents is 1. The first-order valence-corrected chi connectivity index (χ1v) is 6.22. The first-order chi connectivity index (χ1) is 10.0. The number of nitro groups is 1. The van der Waals surface area contributed by atoms with Gasteiger partial charge in [-0.15, -0.1) is 0 Å². The Bertz CT molecular complexity index is 741. The van der Waals surface area contributed by atoms with Crippen LogP contribution < -0.4 is 10.1 Å². The maximum absolute atomic E-state index is 10.9. The highest BCUT2D eigenvalue weighted by molar-refractivity contribution is 6.33. The smallest absolute Gasteiger partial charge is 0.289 e. The number of nitrogens with one attached hydrogen (secondary N) is 1. The Kier molecular flexibility index (Phi) is 4.26. The van der Waals surface area contributed by atoms with Gasteiger partial charge in [-0.05, 0) is 24.3 Å². The van der Waals surface area contributed by atoms with E-state index in [-0.39, 0.29) is 11.3 Å². The molecule has 0 bridgehead atoms. The number of rotatable bonds is 4. The van der Waals surface area contributed by atoms with Crippen molar-refractivity contribution in [2.24, 2.45) is 0 Å². The van der Waals surface area contributed by atoms with Crippen molar-refractivity contribution >= 4 is 28.7 Å². The number of hydrogen-bond acceptors (Lipinski definition) is 5. The van der Waals surface area contributed by atoms with E-state index < -0.39 is 4.92 Å². The second-order valence-electron chi connectivity index (χ2n) is 4.07. The second kappa shape index (κ2) is 6.11. The average molecular weight is 304 g/mol. The summed E-state index contributed by atoms with van der Waals surface area (Å²) in [5, 5.41) is 23.2. The minimum atomic E-state index is -0.600. The first-order valence-electron chi connectivity index (χ1n) is 5.84. The van der Waals surface area contributed by atoms with Crippen LogP contribution in [0.4, 0.5) is 17.1 Å². The lowest BCUT2D eigenvalue weighted by Gasteiger charge is -2.10. The van der Waals surface area contributed by atoms with Crippen LogP contribution in [0.1, 0.15) is 5.56 Å². The molecule has 0 aliphatic heterocycles. The minimum absolute atomic E-state index is 0.00212. The molecule has 2 aromatic rings. The van der Waals surface area contributed by atoms with Crippen molar-refractivity contribution in [1.29, 1.82) is 5.26 Å². The summed E-state index contributed by atoms with van der Waals surface area (Å²) in [6, 6.07) is 11.1. The number of halogens is 1. The fraction of sp³-hybridized carbons (Fsp3) is 0.0714. The maximum atomic E-state index is 10.9. The Morgan fingerprint density at radius 3 is 2.71 bits per heavy atom. The molecule has 2 rings (SSSR count). The Morgan fingerprint density at radius 2 is 2.10 bits per heavy atom. The number of hydrogen-bond donors (Lipinski definition) is 1. The van der Waals surface area contributed by atoms with E-state index in [2.05, 4.69) is 5.32 Å². The molecule has 0 unspecified atom stereocenters. The highest BCUT2D eigenvalue weighted by Crippen LogP contribution is 2.31. The van der Waals surface area contributed by atoms with Gasteiger partial charge < -0.3 is 10.1 Å². The van der Waals surface area contributed by atoms with Crippen LogP contribution in [0.5, 0.6) is 5.75 Å². The SMILES string of the molecule is COc1ccc(Cl)c(Nc2ccc(C#N)c([N+](=O)[O-])c2)c1. The molecule has 0 spiro atoms. The highest BCUT2D eigenvalue weighted by Gasteiger charge is 2.14. The van der Waals surface area contributed by atoms with Crippen LogP contribution in [-0.4, -0.2) is 12.0 Å². The summed E-state index contributed by atoms with van der Waals surface area (Å²) in [5.41, 5.74) is 0.745. The molecule has 0 atom stereocenters. The van der Waals surface area contributed by atoms with Gasteiger partial charge in [0, 0.05) is 17.8 Å². The lowest BCUT2D eigenvalue weighted by molar-refractivity contribution is -0.385. The van der Waals surface area contributed by atoms with Crippen molar-refractivity contribution < 1.29 is 9.66 Å². The summed E-state index contributed by atoms with van der Waals surface area (Å²) in [4.78, 5) is 10.3. The van der Waals surface area contributed by atoms with E-state index in [9.17, 15) is 10.1 Å². The molecule has 0 fully saturated rings. The second-order valence-corrected chi connectivity index (χ2v) is 4.48. The normalized spacial score (nSPS) is 9.76. The van der Waals surface area contributed by atoms with Crippen LogP contribution in [0.2, 0.25) is 5.02 Å². The molecule has 7 heteroatoms. The molecule has 0 saturated heterocycles. The minimum Gasteiger partial charge on any atom is -0.497 e. The van der Waals surface area contributed by atoms with Crippen molar-refractivity contribution in [2.75, 3.05) is 12.4 Å². The Hall–Kier alpha value is -2.78. The number of methoxy groups -OCH3 is 1. The molecule has 21 heavy (non-hydrogen) atoms. The summed E-state index contributed by atoms with van der Waals surface area (Å²) in [7, 11) is 1.53. The van der Waals surface area contributed by atoms with Gasteiger partial charge in [0.05, 0.1) is 22.7 Å². The first kappa shape index (κ1) is 14.6. The van der Waals surface area contributed by atoms with Gasteiger partial charge in [-0.2, -0.15) is 5.26 Å². The van der Waals surface area contributed by atoms with Crippen molar-refractivity contribution in [3.05, 3.63) is 57.1 Å². The lowest BCUT2D eigenvalue weighted by atomic mass is 10.1. The third kappa shape index (κ3) is 3.22. The van der Waals surface area contributed by atoms with Crippen molar-refractivity contribution in [1.82, 2.24) is 0 Å². The fourth-order valence-corrected chi connectivity index (χ4v) is 1.90. The van der Waals surface area contributed by atoms with Gasteiger partial charge in [-0.1, -0.05) is 11.6 Å². The molecule has 0 heterocycles. The monoisotopic (exact) mass is 303 g/mol. The molecule has 0 saturated carbocycles. The molecule has 0 aliphatic carbocycles. The predicted octanol–water partition coefficient (Wildman–Crippen LogP) is 3.87. The van der Waals surface area contributed by atoms with Crippen LogP contribution in [0, 0.1) is 21.4 Å². The molecule has 0 aliphatic rings. The molecule has 2 aromatic carbocycles. The zero-order valence-electron chi connectivity index (χ0n) is 11.0. The quantitative estimate of drug-likeness (QED) is 0.684. The molecule has 0 radical (unpaired) electrons. The zero-order valence-corrected chi connectivity index (χ0v) is 11.7. The molecule has 1 N–H and O–H groups in total. The number of nitrogens with zero attached hydrogens (tertiary/aromatic N) is 2. The highest BCUT2D eigenvalue weighted by atomic mass is 35.5.